The summed E-state index contributed by atoms with van der Waals surface area (Å²) < 4.78 is 5.05. The molecule has 0 aliphatic carbocycles. The van der Waals surface area contributed by atoms with Gasteiger partial charge in [-0.05, 0) is 35.7 Å². The minimum Gasteiger partial charge on any atom is -0.497 e. The first-order valence-electron chi connectivity index (χ1n) is 6.10. The maximum Gasteiger partial charge on any atom is 0.242 e. The number of carbonyl (C=O) groups excluding carboxylic acids is 1. The number of anilines is 1. The van der Waals surface area contributed by atoms with E-state index < -0.39 is 5.92 Å². The molecule has 1 heterocycles. The molecular weight excluding hydrogens is 272 g/mol. The van der Waals surface area contributed by atoms with Gasteiger partial charge >= 0.3 is 0 Å². The van der Waals surface area contributed by atoms with Crippen LogP contribution in [0.15, 0.2) is 41.8 Å². The Balaban J connectivity index is 2.00. The predicted octanol–water partition coefficient (Wildman–Crippen LogP) is 3.08. The van der Waals surface area contributed by atoms with Crippen molar-refractivity contribution < 1.29 is 9.53 Å². The normalized spacial score (nSPS) is 11.4. The van der Waals surface area contributed by atoms with E-state index in [0.717, 1.165) is 10.6 Å². The van der Waals surface area contributed by atoms with Gasteiger partial charge in [-0.25, -0.2) is 0 Å². The molecule has 1 N–H and O–H groups in total. The van der Waals surface area contributed by atoms with E-state index in [-0.39, 0.29) is 5.91 Å². The van der Waals surface area contributed by atoms with Crippen LogP contribution in [0, 0.1) is 17.2 Å². The van der Waals surface area contributed by atoms with Crippen molar-refractivity contribution in [2.24, 2.45) is 5.92 Å². The highest BCUT2D eigenvalue weighted by Crippen LogP contribution is 2.18. The van der Waals surface area contributed by atoms with Gasteiger partial charge in [0.1, 0.15) is 11.7 Å². The third-order valence-electron chi connectivity index (χ3n) is 2.82. The molecule has 0 aliphatic heterocycles. The number of rotatable bonds is 5. The molecule has 20 heavy (non-hydrogen) atoms. The molecule has 4 nitrogen and oxygen atoms in total. The molecule has 1 atom stereocenters. The van der Waals surface area contributed by atoms with Gasteiger partial charge in [-0.3, -0.25) is 4.79 Å². The second-order valence-electron chi connectivity index (χ2n) is 4.18. The third-order valence-corrected chi connectivity index (χ3v) is 3.71. The van der Waals surface area contributed by atoms with Gasteiger partial charge in [-0.1, -0.05) is 6.07 Å². The van der Waals surface area contributed by atoms with E-state index >= 15 is 0 Å². The molecule has 0 bridgehead atoms. The summed E-state index contributed by atoms with van der Waals surface area (Å²) in [5.74, 6) is -0.250. The summed E-state index contributed by atoms with van der Waals surface area (Å²) in [7, 11) is 1.58. The summed E-state index contributed by atoms with van der Waals surface area (Å²) in [5.41, 5.74) is 0.655. The summed E-state index contributed by atoms with van der Waals surface area (Å²) in [4.78, 5) is 13.1. The molecule has 0 aliphatic rings. The van der Waals surface area contributed by atoms with Crippen molar-refractivity contribution in [3.63, 3.8) is 0 Å². The standard InChI is InChI=1S/C15H14N2O2S/c1-19-13-6-4-12(5-7-13)17-15(18)11(10-16)9-14-3-2-8-20-14/h2-8,11H,9H2,1H3,(H,17,18)/t11-/m0/s1. The molecule has 1 aromatic heterocycles. The second kappa shape index (κ2) is 6.73. The van der Waals surface area contributed by atoms with E-state index in [1.165, 1.54) is 0 Å². The zero-order chi connectivity index (χ0) is 14.4. The fourth-order valence-electron chi connectivity index (χ4n) is 1.73. The van der Waals surface area contributed by atoms with Gasteiger partial charge in [0.25, 0.3) is 0 Å². The van der Waals surface area contributed by atoms with E-state index in [2.05, 4.69) is 11.4 Å². The number of nitrogens with one attached hydrogen (secondary N) is 1. The first-order valence-corrected chi connectivity index (χ1v) is 6.98. The lowest BCUT2D eigenvalue weighted by Gasteiger charge is -2.10. The number of hydrogen-bond acceptors (Lipinski definition) is 4. The Hall–Kier alpha value is -2.32. The molecule has 0 saturated heterocycles. The zero-order valence-electron chi connectivity index (χ0n) is 11.0. The fourth-order valence-corrected chi connectivity index (χ4v) is 2.48. The molecule has 2 aromatic rings. The maximum atomic E-state index is 12.1. The zero-order valence-corrected chi connectivity index (χ0v) is 11.8. The van der Waals surface area contributed by atoms with Gasteiger partial charge in [0.15, 0.2) is 0 Å². The van der Waals surface area contributed by atoms with Gasteiger partial charge in [-0.2, -0.15) is 5.26 Å². The van der Waals surface area contributed by atoms with Crippen molar-refractivity contribution in [1.29, 1.82) is 5.26 Å². The molecule has 0 saturated carbocycles. The topological polar surface area (TPSA) is 62.1 Å². The molecule has 0 radical (unpaired) electrons. The average molecular weight is 286 g/mol. The van der Waals surface area contributed by atoms with Crippen LogP contribution in [0.4, 0.5) is 5.69 Å². The van der Waals surface area contributed by atoms with E-state index in [1.54, 1.807) is 42.7 Å². The Morgan fingerprint density at radius 1 is 1.40 bits per heavy atom. The highest BCUT2D eigenvalue weighted by Gasteiger charge is 2.19. The van der Waals surface area contributed by atoms with Crippen LogP contribution < -0.4 is 10.1 Å². The highest BCUT2D eigenvalue weighted by atomic mass is 32.1. The second-order valence-corrected chi connectivity index (χ2v) is 5.22. The third kappa shape index (κ3) is 3.59. The van der Waals surface area contributed by atoms with E-state index in [9.17, 15) is 4.79 Å². The minimum atomic E-state index is -0.684. The van der Waals surface area contributed by atoms with Crippen molar-refractivity contribution in [1.82, 2.24) is 0 Å². The highest BCUT2D eigenvalue weighted by molar-refractivity contribution is 7.09. The Morgan fingerprint density at radius 3 is 2.70 bits per heavy atom. The molecule has 2 rings (SSSR count). The summed E-state index contributed by atoms with van der Waals surface area (Å²) >= 11 is 1.55. The van der Waals surface area contributed by atoms with Crippen molar-refractivity contribution >= 4 is 22.9 Å². The number of nitrogens with zero attached hydrogens (tertiary/aromatic N) is 1. The molecule has 102 valence electrons. The lowest BCUT2D eigenvalue weighted by atomic mass is 10.1. The molecule has 5 heteroatoms. The van der Waals surface area contributed by atoms with Crippen LogP contribution in [0.5, 0.6) is 5.75 Å². The van der Waals surface area contributed by atoms with Gasteiger partial charge in [0.2, 0.25) is 5.91 Å². The first kappa shape index (κ1) is 14.1. The Morgan fingerprint density at radius 2 is 2.15 bits per heavy atom. The van der Waals surface area contributed by atoms with Gasteiger partial charge in [-0.15, -0.1) is 11.3 Å². The van der Waals surface area contributed by atoms with Crippen LogP contribution >= 0.6 is 11.3 Å². The monoisotopic (exact) mass is 286 g/mol. The van der Waals surface area contributed by atoms with E-state index in [4.69, 9.17) is 10.00 Å². The Kier molecular flexibility index (Phi) is 4.75. The number of hydrogen-bond donors (Lipinski definition) is 1. The van der Waals surface area contributed by atoms with E-state index in [1.807, 2.05) is 17.5 Å². The number of nitriles is 1. The number of ether oxygens (including phenoxy) is 1. The smallest absolute Gasteiger partial charge is 0.242 e. The van der Waals surface area contributed by atoms with Gasteiger partial charge in [0, 0.05) is 17.0 Å². The number of benzene rings is 1. The van der Waals surface area contributed by atoms with Crippen molar-refractivity contribution in [3.8, 4) is 11.8 Å². The fraction of sp³-hybridized carbons (Fsp3) is 0.200. The van der Waals surface area contributed by atoms with Crippen LogP contribution in [-0.4, -0.2) is 13.0 Å². The van der Waals surface area contributed by atoms with Crippen LogP contribution in [0.1, 0.15) is 4.88 Å². The Labute approximate surface area is 121 Å². The largest absolute Gasteiger partial charge is 0.497 e. The van der Waals surface area contributed by atoms with E-state index in [0.29, 0.717) is 12.1 Å². The molecule has 1 aromatic carbocycles. The van der Waals surface area contributed by atoms with Crippen molar-refractivity contribution in [3.05, 3.63) is 46.7 Å². The summed E-state index contributed by atoms with van der Waals surface area (Å²) in [6.45, 7) is 0. The van der Waals surface area contributed by atoms with Crippen LogP contribution in [0.3, 0.4) is 0 Å². The summed E-state index contributed by atoms with van der Waals surface area (Å²) in [5, 5.41) is 13.8. The summed E-state index contributed by atoms with van der Waals surface area (Å²) in [6.07, 6.45) is 0.441. The number of amides is 1. The maximum absolute atomic E-state index is 12.1. The molecule has 1 amide bonds. The molecule has 0 fully saturated rings. The Bertz CT molecular complexity index is 600. The number of carbonyl (C=O) groups is 1. The SMILES string of the molecule is COc1ccc(NC(=O)[C@H](C#N)Cc2cccs2)cc1. The first-order chi connectivity index (χ1) is 9.72. The van der Waals surface area contributed by atoms with Gasteiger partial charge < -0.3 is 10.1 Å². The van der Waals surface area contributed by atoms with Gasteiger partial charge in [0.05, 0.1) is 13.2 Å². The molecule has 0 unspecified atom stereocenters. The van der Waals surface area contributed by atoms with Crippen molar-refractivity contribution in [2.75, 3.05) is 12.4 Å². The molecular formula is C15H14N2O2S. The predicted molar refractivity (Wildman–Crippen MR) is 78.7 cm³/mol. The summed E-state index contributed by atoms with van der Waals surface area (Å²) in [6, 6.07) is 12.9. The van der Waals surface area contributed by atoms with Crippen LogP contribution in [-0.2, 0) is 11.2 Å². The van der Waals surface area contributed by atoms with Crippen LogP contribution in [0.2, 0.25) is 0 Å². The minimum absolute atomic E-state index is 0.286. The van der Waals surface area contributed by atoms with Crippen molar-refractivity contribution in [2.45, 2.75) is 6.42 Å². The lowest BCUT2D eigenvalue weighted by Crippen LogP contribution is -2.23. The average Bonchev–Trinajstić information content (AvgIpc) is 2.98. The number of thiophene rings is 1. The number of methoxy groups -OCH3 is 1. The molecule has 0 spiro atoms. The quantitative estimate of drug-likeness (QED) is 0.918. The lowest BCUT2D eigenvalue weighted by molar-refractivity contribution is -0.118. The van der Waals surface area contributed by atoms with Crippen LogP contribution in [0.25, 0.3) is 0 Å².